The van der Waals surface area contributed by atoms with E-state index in [9.17, 15) is 29.7 Å². The van der Waals surface area contributed by atoms with Crippen LogP contribution in [0.4, 0.5) is 0 Å². The van der Waals surface area contributed by atoms with E-state index >= 15 is 0 Å². The Bertz CT molecular complexity index is 330. The largest absolute Gasteiger partial charge is 1.00 e. The smallest absolute Gasteiger partial charge is 0.810 e. The van der Waals surface area contributed by atoms with Gasteiger partial charge < -0.3 is 39.1 Å². The van der Waals surface area contributed by atoms with Crippen LogP contribution < -0.4 is 47.5 Å². The van der Waals surface area contributed by atoms with Gasteiger partial charge in [-0.25, -0.2) is 0 Å². The third-order valence-electron chi connectivity index (χ3n) is 2.67. The van der Waals surface area contributed by atoms with E-state index in [1.54, 1.807) is 0 Å². The molecule has 8 nitrogen and oxygen atoms in total. The molecule has 12 heteroatoms. The molecule has 0 aromatic carbocycles. The first-order valence-electron chi connectivity index (χ1n) is 5.06. The Morgan fingerprint density at radius 3 is 2.15 bits per heavy atom. The summed E-state index contributed by atoms with van der Waals surface area (Å²) in [6, 6.07) is 0. The summed E-state index contributed by atoms with van der Waals surface area (Å²) in [6.07, 6.45) is -7.24. The van der Waals surface area contributed by atoms with Crippen molar-refractivity contribution in [2.45, 2.75) is 41.7 Å². The van der Waals surface area contributed by atoms with E-state index in [0.29, 0.717) is 0 Å². The van der Waals surface area contributed by atoms with Gasteiger partial charge in [0, 0.05) is 11.7 Å². The van der Waals surface area contributed by atoms with Crippen LogP contribution in [-0.4, -0.2) is 57.7 Å². The molecule has 108 valence electrons. The van der Waals surface area contributed by atoms with Gasteiger partial charge in [0.1, 0.15) is 18.3 Å². The van der Waals surface area contributed by atoms with Crippen LogP contribution in [-0.2, 0) is 14.0 Å². The van der Waals surface area contributed by atoms with Crippen LogP contribution in [0.2, 0.25) is 0 Å². The van der Waals surface area contributed by atoms with Crippen LogP contribution in [0.3, 0.4) is 0 Å². The normalized spacial score (nSPS) is 35.6. The maximum absolute atomic E-state index is 10.8. The van der Waals surface area contributed by atoms with Gasteiger partial charge in [-0.15, -0.1) is 0 Å². The molecule has 0 aliphatic carbocycles. The summed E-state index contributed by atoms with van der Waals surface area (Å²) < 4.78 is 19.1. The van der Waals surface area contributed by atoms with Gasteiger partial charge in [0.15, 0.2) is 6.29 Å². The summed E-state index contributed by atoms with van der Waals surface area (Å²) in [4.78, 5) is 21.5. The van der Waals surface area contributed by atoms with Gasteiger partial charge in [-0.1, -0.05) is 23.5 Å². The van der Waals surface area contributed by atoms with Gasteiger partial charge in [0.25, 0.3) is 0 Å². The van der Waals surface area contributed by atoms with E-state index in [1.807, 2.05) is 0 Å². The van der Waals surface area contributed by atoms with Crippen molar-refractivity contribution in [3.63, 3.8) is 0 Å². The minimum atomic E-state index is -4.87. The van der Waals surface area contributed by atoms with Gasteiger partial charge in [0.05, 0.1) is 6.10 Å². The van der Waals surface area contributed by atoms with Gasteiger partial charge in [0.2, 0.25) is 0 Å². The van der Waals surface area contributed by atoms with E-state index in [2.05, 4.69) is 15.9 Å². The first kappa shape index (κ1) is 23.9. The van der Waals surface area contributed by atoms with Crippen LogP contribution in [0.5, 0.6) is 0 Å². The number of rotatable bonds is 4. The zero-order valence-electron chi connectivity index (χ0n) is 11.4. The summed E-state index contributed by atoms with van der Waals surface area (Å²) in [5, 5.41) is 28.6. The van der Waals surface area contributed by atoms with Crippen LogP contribution in [0, 0.1) is 0 Å². The number of aliphatic hydroxyl groups is 3. The van der Waals surface area contributed by atoms with Crippen molar-refractivity contribution in [1.82, 2.24) is 0 Å². The predicted octanol–water partition coefficient (Wildman–Crippen LogP) is -8.53. The molecule has 1 saturated heterocycles. The molecule has 0 bridgehead atoms. The van der Waals surface area contributed by atoms with E-state index in [-0.39, 0.29) is 44.1 Å². The number of ether oxygens (including phenoxy) is 2. The van der Waals surface area contributed by atoms with Crippen LogP contribution >= 0.6 is 23.5 Å². The molecular weight excluding hydrogens is 349 g/mol. The van der Waals surface area contributed by atoms with Crippen molar-refractivity contribution >= 4 is 23.5 Å². The van der Waals surface area contributed by atoms with Crippen molar-refractivity contribution < 1.29 is 76.9 Å². The molecular formula is C8H14BrLi2O8P. The van der Waals surface area contributed by atoms with Gasteiger partial charge in [-0.05, 0) is 6.42 Å². The van der Waals surface area contributed by atoms with Crippen molar-refractivity contribution in [1.29, 1.82) is 0 Å². The quantitative estimate of drug-likeness (QED) is 0.254. The maximum Gasteiger partial charge on any atom is 1.00 e. The zero-order valence-corrected chi connectivity index (χ0v) is 13.9. The molecule has 1 aliphatic rings. The standard InChI is InChI=1S/C8H16BrO8P.2Li/c1-16-8-7(12)6(11)5(10)3(17-8)2-4(9)18(13,14)15;;/h3-8,10-12H,2H2,1H3,(H2,13,14,15);;/q;2*+1/p-2/t3-,4?,5-,6+,7-,8+;;/m1../s1. The Hall–Kier alpha value is 1.62. The molecule has 0 amide bonds. The molecule has 0 aromatic heterocycles. The Morgan fingerprint density at radius 1 is 1.25 bits per heavy atom. The van der Waals surface area contributed by atoms with Crippen molar-refractivity contribution in [2.24, 2.45) is 0 Å². The van der Waals surface area contributed by atoms with Crippen molar-refractivity contribution in [3.8, 4) is 0 Å². The minimum absolute atomic E-state index is 0. The van der Waals surface area contributed by atoms with Crippen molar-refractivity contribution in [3.05, 3.63) is 0 Å². The molecule has 1 heterocycles. The fourth-order valence-electron chi connectivity index (χ4n) is 1.63. The van der Waals surface area contributed by atoms with Crippen LogP contribution in [0.25, 0.3) is 0 Å². The second-order valence-corrected chi connectivity index (χ2v) is 7.48. The number of aliphatic hydroxyl groups excluding tert-OH is 3. The Labute approximate surface area is 148 Å². The van der Waals surface area contributed by atoms with E-state index < -0.39 is 42.9 Å². The van der Waals surface area contributed by atoms with Gasteiger partial charge >= 0.3 is 37.7 Å². The Balaban J connectivity index is 0. The fraction of sp³-hybridized carbons (Fsp3) is 1.00. The number of halogens is 1. The van der Waals surface area contributed by atoms with E-state index in [1.165, 1.54) is 7.11 Å². The molecule has 0 saturated carbocycles. The maximum atomic E-state index is 10.8. The average molecular weight is 363 g/mol. The summed E-state index contributed by atoms with van der Waals surface area (Å²) in [6.45, 7) is 0. The summed E-state index contributed by atoms with van der Waals surface area (Å²) in [5.41, 5.74) is 0. The average Bonchev–Trinajstić information content (AvgIpc) is 2.28. The second-order valence-electron chi connectivity index (χ2n) is 3.96. The Kier molecular flexibility index (Phi) is 11.6. The molecule has 1 fully saturated rings. The SMILES string of the molecule is CO[C@H]1O[C@H](CC(Br)P(=O)([O-])[O-])[C@@H](O)[C@H](O)[C@H]1O.[Li+].[Li+]. The number of methoxy groups -OCH3 is 1. The predicted molar refractivity (Wildman–Crippen MR) is 58.6 cm³/mol. The number of alkyl halides is 1. The summed E-state index contributed by atoms with van der Waals surface area (Å²) >= 11 is 2.67. The molecule has 0 radical (unpaired) electrons. The molecule has 0 aromatic rings. The van der Waals surface area contributed by atoms with E-state index in [4.69, 9.17) is 9.47 Å². The third-order valence-corrected chi connectivity index (χ3v) is 5.45. The van der Waals surface area contributed by atoms with Gasteiger partial charge in [-0.3, -0.25) is 0 Å². The molecule has 1 aliphatic heterocycles. The summed E-state index contributed by atoms with van der Waals surface area (Å²) in [7, 11) is -3.66. The molecule has 1 unspecified atom stereocenters. The first-order chi connectivity index (χ1) is 8.18. The van der Waals surface area contributed by atoms with Crippen LogP contribution in [0.15, 0.2) is 0 Å². The Morgan fingerprint density at radius 2 is 1.75 bits per heavy atom. The van der Waals surface area contributed by atoms with Gasteiger partial charge in [-0.2, -0.15) is 0 Å². The zero-order chi connectivity index (χ0) is 14.1. The minimum Gasteiger partial charge on any atom is -0.810 e. The fourth-order valence-corrected chi connectivity index (χ4v) is 2.46. The summed E-state index contributed by atoms with van der Waals surface area (Å²) in [5.74, 6) is 0. The molecule has 1 rings (SSSR count). The topological polar surface area (TPSA) is 142 Å². The third kappa shape index (κ3) is 6.02. The second kappa shape index (κ2) is 9.69. The molecule has 6 atom stereocenters. The first-order valence-corrected chi connectivity index (χ1v) is 7.59. The molecule has 3 N–H and O–H groups in total. The monoisotopic (exact) mass is 362 g/mol. The van der Waals surface area contributed by atoms with Crippen LogP contribution in [0.1, 0.15) is 6.42 Å². The number of hydrogen-bond acceptors (Lipinski definition) is 8. The van der Waals surface area contributed by atoms with E-state index in [0.717, 1.165) is 0 Å². The number of hydrogen-bond donors (Lipinski definition) is 3. The van der Waals surface area contributed by atoms with Crippen molar-refractivity contribution in [2.75, 3.05) is 7.11 Å². The molecule has 0 spiro atoms. The molecule has 20 heavy (non-hydrogen) atoms.